The molecule has 6 heteroatoms. The number of anilines is 2. The first kappa shape index (κ1) is 13.7. The molecule has 0 amide bonds. The zero-order chi connectivity index (χ0) is 13.8. The van der Waals surface area contributed by atoms with Crippen LogP contribution in [0.1, 0.15) is 0 Å². The number of nitrogens with zero attached hydrogens (tertiary/aromatic N) is 4. The van der Waals surface area contributed by atoms with Gasteiger partial charge in [0.2, 0.25) is 0 Å². The molecule has 0 radical (unpaired) electrons. The molecule has 0 saturated heterocycles. The molecule has 1 aromatic carbocycles. The van der Waals surface area contributed by atoms with Gasteiger partial charge in [-0.1, -0.05) is 0 Å². The van der Waals surface area contributed by atoms with Crippen molar-refractivity contribution in [1.29, 1.82) is 0 Å². The molecule has 1 heterocycles. The maximum absolute atomic E-state index is 5.95. The topological polar surface area (TPSA) is 66.9 Å². The lowest BCUT2D eigenvalue weighted by molar-refractivity contribution is 1.12. The van der Waals surface area contributed by atoms with Gasteiger partial charge in [0, 0.05) is 29.5 Å². The van der Waals surface area contributed by atoms with Crippen molar-refractivity contribution in [3.8, 4) is 0 Å². The summed E-state index contributed by atoms with van der Waals surface area (Å²) >= 11 is 2.19. The fourth-order valence-electron chi connectivity index (χ4n) is 1.44. The highest BCUT2D eigenvalue weighted by Crippen LogP contribution is 2.28. The summed E-state index contributed by atoms with van der Waals surface area (Å²) in [5.74, 6) is 0.566. The van der Waals surface area contributed by atoms with E-state index in [-0.39, 0.29) is 0 Å². The SMILES string of the molecule is CN(C)c1ccc(N=Nc2ccc(I)cn2)c(N)c1. The first-order valence-electron chi connectivity index (χ1n) is 5.66. The average molecular weight is 367 g/mol. The molecule has 0 aliphatic heterocycles. The Morgan fingerprint density at radius 3 is 2.53 bits per heavy atom. The number of rotatable bonds is 3. The number of benzene rings is 1. The molecule has 2 rings (SSSR count). The second kappa shape index (κ2) is 5.96. The quantitative estimate of drug-likeness (QED) is 0.511. The van der Waals surface area contributed by atoms with Crippen molar-refractivity contribution >= 4 is 45.5 Å². The van der Waals surface area contributed by atoms with Gasteiger partial charge in [-0.25, -0.2) is 4.98 Å². The molecule has 2 aromatic rings. The Balaban J connectivity index is 2.21. The third kappa shape index (κ3) is 3.63. The van der Waals surface area contributed by atoms with Crippen LogP contribution >= 0.6 is 22.6 Å². The van der Waals surface area contributed by atoms with Crippen LogP contribution in [-0.2, 0) is 0 Å². The standard InChI is InChI=1S/C13H14IN5/c1-19(2)10-4-5-12(11(15)7-10)17-18-13-6-3-9(14)8-16-13/h3-8H,15H2,1-2H3. The van der Waals surface area contributed by atoms with E-state index >= 15 is 0 Å². The molecule has 1 aromatic heterocycles. The third-order valence-electron chi connectivity index (χ3n) is 2.50. The Kier molecular flexibility index (Phi) is 4.31. The van der Waals surface area contributed by atoms with Crippen LogP contribution in [-0.4, -0.2) is 19.1 Å². The van der Waals surface area contributed by atoms with E-state index < -0.39 is 0 Å². The van der Waals surface area contributed by atoms with Crippen LogP contribution in [0.2, 0.25) is 0 Å². The van der Waals surface area contributed by atoms with Gasteiger partial charge in [0.1, 0.15) is 5.69 Å². The first-order chi connectivity index (χ1) is 9.06. The molecule has 5 nitrogen and oxygen atoms in total. The normalized spacial score (nSPS) is 10.9. The van der Waals surface area contributed by atoms with Crippen LogP contribution in [0, 0.1) is 3.57 Å². The summed E-state index contributed by atoms with van der Waals surface area (Å²) in [5.41, 5.74) is 8.22. The predicted octanol–water partition coefficient (Wildman–Crippen LogP) is 3.75. The molecular formula is C13H14IN5. The Morgan fingerprint density at radius 2 is 1.95 bits per heavy atom. The molecule has 0 bridgehead atoms. The lowest BCUT2D eigenvalue weighted by Crippen LogP contribution is -2.08. The number of hydrogen-bond acceptors (Lipinski definition) is 5. The predicted molar refractivity (Wildman–Crippen MR) is 86.3 cm³/mol. The molecular weight excluding hydrogens is 353 g/mol. The maximum atomic E-state index is 5.95. The van der Waals surface area contributed by atoms with Crippen LogP contribution in [0.15, 0.2) is 46.8 Å². The van der Waals surface area contributed by atoms with Crippen molar-refractivity contribution in [1.82, 2.24) is 4.98 Å². The van der Waals surface area contributed by atoms with E-state index in [1.165, 1.54) is 0 Å². The highest BCUT2D eigenvalue weighted by atomic mass is 127. The lowest BCUT2D eigenvalue weighted by atomic mass is 10.2. The summed E-state index contributed by atoms with van der Waals surface area (Å²) < 4.78 is 1.06. The highest BCUT2D eigenvalue weighted by molar-refractivity contribution is 14.1. The van der Waals surface area contributed by atoms with Crippen LogP contribution in [0.4, 0.5) is 22.9 Å². The molecule has 0 saturated carbocycles. The largest absolute Gasteiger partial charge is 0.397 e. The minimum absolute atomic E-state index is 0.566. The Hall–Kier alpha value is -1.70. The molecule has 0 fully saturated rings. The van der Waals surface area contributed by atoms with Crippen LogP contribution in [0.3, 0.4) is 0 Å². The van der Waals surface area contributed by atoms with Gasteiger partial charge in [0.25, 0.3) is 0 Å². The monoisotopic (exact) mass is 367 g/mol. The van der Waals surface area contributed by atoms with E-state index in [4.69, 9.17) is 5.73 Å². The number of nitrogen functional groups attached to an aromatic ring is 1. The third-order valence-corrected chi connectivity index (χ3v) is 3.14. The number of pyridine rings is 1. The lowest BCUT2D eigenvalue weighted by Gasteiger charge is -2.13. The molecule has 0 unspecified atom stereocenters. The van der Waals surface area contributed by atoms with Gasteiger partial charge in [-0.3, -0.25) is 0 Å². The summed E-state index contributed by atoms with van der Waals surface area (Å²) in [6, 6.07) is 9.42. The maximum Gasteiger partial charge on any atom is 0.174 e. The number of azo groups is 1. The first-order valence-corrected chi connectivity index (χ1v) is 6.74. The number of hydrogen-bond donors (Lipinski definition) is 1. The van der Waals surface area contributed by atoms with Gasteiger partial charge in [0.15, 0.2) is 5.82 Å². The number of aromatic nitrogens is 1. The molecule has 0 aliphatic rings. The number of nitrogens with two attached hydrogens (primary N) is 1. The van der Waals surface area contributed by atoms with Crippen molar-refractivity contribution < 1.29 is 0 Å². The fourth-order valence-corrected chi connectivity index (χ4v) is 1.76. The van der Waals surface area contributed by atoms with Gasteiger partial charge in [0.05, 0.1) is 5.69 Å². The van der Waals surface area contributed by atoms with E-state index in [0.29, 0.717) is 17.2 Å². The molecule has 0 atom stereocenters. The number of halogens is 1. The highest BCUT2D eigenvalue weighted by Gasteiger charge is 2.01. The minimum atomic E-state index is 0.566. The van der Waals surface area contributed by atoms with Gasteiger partial charge < -0.3 is 10.6 Å². The van der Waals surface area contributed by atoms with E-state index in [0.717, 1.165) is 9.26 Å². The van der Waals surface area contributed by atoms with E-state index in [9.17, 15) is 0 Å². The minimum Gasteiger partial charge on any atom is -0.397 e. The van der Waals surface area contributed by atoms with Crippen molar-refractivity contribution in [2.45, 2.75) is 0 Å². The van der Waals surface area contributed by atoms with Crippen molar-refractivity contribution in [3.05, 3.63) is 40.1 Å². The van der Waals surface area contributed by atoms with Gasteiger partial charge >= 0.3 is 0 Å². The molecule has 98 valence electrons. The summed E-state index contributed by atoms with van der Waals surface area (Å²) in [6.07, 6.45) is 1.74. The van der Waals surface area contributed by atoms with Gasteiger partial charge in [-0.2, -0.15) is 0 Å². The molecule has 19 heavy (non-hydrogen) atoms. The van der Waals surface area contributed by atoms with Crippen LogP contribution in [0.5, 0.6) is 0 Å². The van der Waals surface area contributed by atoms with E-state index in [2.05, 4.69) is 37.8 Å². The van der Waals surface area contributed by atoms with Gasteiger partial charge in [-0.15, -0.1) is 10.2 Å². The summed E-state index contributed by atoms with van der Waals surface area (Å²) in [5, 5.41) is 8.19. The Morgan fingerprint density at radius 1 is 1.16 bits per heavy atom. The summed E-state index contributed by atoms with van der Waals surface area (Å²) in [7, 11) is 3.93. The Labute approximate surface area is 125 Å². The molecule has 0 spiro atoms. The molecule has 2 N–H and O–H groups in total. The van der Waals surface area contributed by atoms with Crippen LogP contribution < -0.4 is 10.6 Å². The summed E-state index contributed by atoms with van der Waals surface area (Å²) in [4.78, 5) is 6.14. The van der Waals surface area contributed by atoms with Gasteiger partial charge in [-0.05, 0) is 52.9 Å². The van der Waals surface area contributed by atoms with Crippen LogP contribution in [0.25, 0.3) is 0 Å². The summed E-state index contributed by atoms with van der Waals surface area (Å²) in [6.45, 7) is 0. The van der Waals surface area contributed by atoms with Crippen molar-refractivity contribution in [3.63, 3.8) is 0 Å². The van der Waals surface area contributed by atoms with E-state index in [1.807, 2.05) is 49.3 Å². The second-order valence-corrected chi connectivity index (χ2v) is 5.42. The zero-order valence-corrected chi connectivity index (χ0v) is 12.9. The van der Waals surface area contributed by atoms with E-state index in [1.54, 1.807) is 6.20 Å². The fraction of sp³-hybridized carbons (Fsp3) is 0.154. The zero-order valence-electron chi connectivity index (χ0n) is 10.7. The second-order valence-electron chi connectivity index (χ2n) is 4.17. The van der Waals surface area contributed by atoms with Crippen molar-refractivity contribution in [2.75, 3.05) is 24.7 Å². The smallest absolute Gasteiger partial charge is 0.174 e. The molecule has 0 aliphatic carbocycles. The van der Waals surface area contributed by atoms with Crippen molar-refractivity contribution in [2.24, 2.45) is 10.2 Å². The average Bonchev–Trinajstić information content (AvgIpc) is 2.39. The Bertz CT molecular complexity index is 592.